The van der Waals surface area contributed by atoms with Crippen LogP contribution in [0.2, 0.25) is 0 Å². The highest BCUT2D eigenvalue weighted by Crippen LogP contribution is 2.24. The molecule has 6 nitrogen and oxygen atoms in total. The number of hydrogen-bond donors (Lipinski definition) is 3. The number of hydroxylamine groups is 3. The van der Waals surface area contributed by atoms with Gasteiger partial charge in [0, 0.05) is 6.07 Å². The number of anilines is 1. The van der Waals surface area contributed by atoms with Gasteiger partial charge in [-0.3, -0.25) is 5.21 Å². The minimum atomic E-state index is 0.0633. The van der Waals surface area contributed by atoms with Gasteiger partial charge in [-0.25, -0.2) is 0 Å². The van der Waals surface area contributed by atoms with Gasteiger partial charge < -0.3 is 10.8 Å². The van der Waals surface area contributed by atoms with E-state index in [-0.39, 0.29) is 11.6 Å². The number of benzene rings is 1. The summed E-state index contributed by atoms with van der Waals surface area (Å²) in [6.45, 7) is 0. The number of phenolic OH excluding ortho intramolecular Hbond substituents is 1. The molecule has 4 N–H and O–H groups in total. The summed E-state index contributed by atoms with van der Waals surface area (Å²) in [4.78, 5) is 4.81. The van der Waals surface area contributed by atoms with Gasteiger partial charge in [0.1, 0.15) is 5.75 Å². The highest BCUT2D eigenvalue weighted by Gasteiger charge is 2.20. The fourth-order valence-corrected chi connectivity index (χ4v) is 1.08. The summed E-state index contributed by atoms with van der Waals surface area (Å²) in [6, 6.07) is 6.35. The molecule has 0 bridgehead atoms. The fourth-order valence-electron chi connectivity index (χ4n) is 1.08. The van der Waals surface area contributed by atoms with Crippen LogP contribution in [0, 0.1) is 0 Å². The standard InChI is InChI=1S/C8H9N3O3/c9-8-5-10(14-11(8)13)6-2-1-3-7(12)4-6/h1-5,12-13H,9H2. The molecule has 0 unspecified atom stereocenters. The van der Waals surface area contributed by atoms with Crippen LogP contribution in [0.25, 0.3) is 0 Å². The molecular formula is C8H9N3O3. The van der Waals surface area contributed by atoms with E-state index in [0.717, 1.165) is 0 Å². The van der Waals surface area contributed by atoms with Crippen LogP contribution in [0.4, 0.5) is 5.69 Å². The van der Waals surface area contributed by atoms with Gasteiger partial charge in [0.15, 0.2) is 5.82 Å². The first kappa shape index (κ1) is 8.67. The van der Waals surface area contributed by atoms with Crippen molar-refractivity contribution >= 4 is 5.69 Å². The van der Waals surface area contributed by atoms with Crippen molar-refractivity contribution in [2.24, 2.45) is 5.73 Å². The van der Waals surface area contributed by atoms with Gasteiger partial charge >= 0.3 is 0 Å². The van der Waals surface area contributed by atoms with E-state index in [9.17, 15) is 5.11 Å². The highest BCUT2D eigenvalue weighted by molar-refractivity contribution is 5.51. The Morgan fingerprint density at radius 2 is 2.14 bits per heavy atom. The first-order valence-corrected chi connectivity index (χ1v) is 3.89. The second-order valence-corrected chi connectivity index (χ2v) is 2.75. The van der Waals surface area contributed by atoms with Gasteiger partial charge in [0.05, 0.1) is 11.9 Å². The van der Waals surface area contributed by atoms with Gasteiger partial charge in [0.25, 0.3) is 0 Å². The van der Waals surface area contributed by atoms with Crippen LogP contribution in [0.1, 0.15) is 0 Å². The first-order valence-electron chi connectivity index (χ1n) is 3.89. The topological polar surface area (TPSA) is 82.2 Å². The Labute approximate surface area is 79.9 Å². The summed E-state index contributed by atoms with van der Waals surface area (Å²) in [6.07, 6.45) is 1.38. The van der Waals surface area contributed by atoms with Crippen LogP contribution in [-0.4, -0.2) is 15.5 Å². The van der Waals surface area contributed by atoms with Gasteiger partial charge in [-0.15, -0.1) is 4.94 Å². The van der Waals surface area contributed by atoms with E-state index in [1.807, 2.05) is 0 Å². The molecule has 0 aliphatic carbocycles. The van der Waals surface area contributed by atoms with E-state index in [0.29, 0.717) is 10.9 Å². The van der Waals surface area contributed by atoms with Gasteiger partial charge in [-0.1, -0.05) is 11.3 Å². The van der Waals surface area contributed by atoms with Crippen LogP contribution in [0.15, 0.2) is 36.3 Å². The third-order valence-electron chi connectivity index (χ3n) is 1.72. The smallest absolute Gasteiger partial charge is 0.176 e. The molecular weight excluding hydrogens is 186 g/mol. The van der Waals surface area contributed by atoms with Crippen molar-refractivity contribution in [3.05, 3.63) is 36.3 Å². The fraction of sp³-hybridized carbons (Fsp3) is 0. The van der Waals surface area contributed by atoms with E-state index in [1.54, 1.807) is 12.1 Å². The van der Waals surface area contributed by atoms with Crippen LogP contribution in [0.3, 0.4) is 0 Å². The van der Waals surface area contributed by atoms with Crippen molar-refractivity contribution in [3.63, 3.8) is 0 Å². The molecule has 74 valence electrons. The molecule has 2 rings (SSSR count). The van der Waals surface area contributed by atoms with Crippen LogP contribution in [0.5, 0.6) is 5.75 Å². The Morgan fingerprint density at radius 3 is 2.71 bits per heavy atom. The maximum atomic E-state index is 9.19. The Hall–Kier alpha value is -1.92. The third kappa shape index (κ3) is 1.43. The predicted molar refractivity (Wildman–Crippen MR) is 47.6 cm³/mol. The largest absolute Gasteiger partial charge is 0.508 e. The molecule has 0 saturated carbocycles. The highest BCUT2D eigenvalue weighted by atomic mass is 17.0. The molecule has 0 fully saturated rings. The second kappa shape index (κ2) is 3.09. The average molecular weight is 195 g/mol. The Bertz CT molecular complexity index is 380. The number of hydrogen-bond acceptors (Lipinski definition) is 6. The Balaban J connectivity index is 2.26. The number of aromatic hydroxyl groups is 1. The minimum Gasteiger partial charge on any atom is -0.508 e. The second-order valence-electron chi connectivity index (χ2n) is 2.75. The molecule has 1 aliphatic rings. The number of nitrogens with zero attached hydrogens (tertiary/aromatic N) is 2. The molecule has 0 atom stereocenters. The molecule has 0 saturated heterocycles. The molecule has 0 aromatic heterocycles. The van der Waals surface area contributed by atoms with Crippen LogP contribution >= 0.6 is 0 Å². The summed E-state index contributed by atoms with van der Waals surface area (Å²) >= 11 is 0. The van der Waals surface area contributed by atoms with Gasteiger partial charge in [0.2, 0.25) is 0 Å². The van der Waals surface area contributed by atoms with Crippen molar-refractivity contribution in [1.82, 2.24) is 5.23 Å². The van der Waals surface area contributed by atoms with E-state index in [4.69, 9.17) is 15.9 Å². The number of nitrogens with two attached hydrogens (primary N) is 1. The van der Waals surface area contributed by atoms with Crippen molar-refractivity contribution in [2.45, 2.75) is 0 Å². The van der Waals surface area contributed by atoms with Crippen molar-refractivity contribution in [1.29, 1.82) is 0 Å². The van der Waals surface area contributed by atoms with Crippen molar-refractivity contribution in [2.75, 3.05) is 5.06 Å². The lowest BCUT2D eigenvalue weighted by Crippen LogP contribution is -2.22. The zero-order chi connectivity index (χ0) is 10.1. The maximum absolute atomic E-state index is 9.19. The summed E-state index contributed by atoms with van der Waals surface area (Å²) in [5, 5.41) is 19.9. The summed E-state index contributed by atoms with van der Waals surface area (Å²) in [7, 11) is 0. The molecule has 14 heavy (non-hydrogen) atoms. The average Bonchev–Trinajstić information content (AvgIpc) is 2.47. The lowest BCUT2D eigenvalue weighted by molar-refractivity contribution is -0.304. The summed E-state index contributed by atoms with van der Waals surface area (Å²) < 4.78 is 0. The van der Waals surface area contributed by atoms with E-state index in [2.05, 4.69) is 0 Å². The van der Waals surface area contributed by atoms with Gasteiger partial charge in [-0.2, -0.15) is 5.06 Å². The molecule has 1 heterocycles. The molecule has 0 amide bonds. The van der Waals surface area contributed by atoms with E-state index < -0.39 is 0 Å². The summed E-state index contributed by atoms with van der Waals surface area (Å²) in [5.74, 6) is 0.169. The number of phenols is 1. The Kier molecular flexibility index (Phi) is 1.91. The lowest BCUT2D eigenvalue weighted by atomic mass is 10.3. The molecule has 0 spiro atoms. The molecule has 1 aromatic rings. The van der Waals surface area contributed by atoms with Gasteiger partial charge in [-0.05, 0) is 12.1 Å². The van der Waals surface area contributed by atoms with Crippen LogP contribution < -0.4 is 10.8 Å². The molecule has 1 aliphatic heterocycles. The quantitative estimate of drug-likeness (QED) is 0.605. The maximum Gasteiger partial charge on any atom is 0.176 e. The normalized spacial score (nSPS) is 15.9. The number of rotatable bonds is 1. The van der Waals surface area contributed by atoms with Crippen LogP contribution in [-0.2, 0) is 4.94 Å². The zero-order valence-corrected chi connectivity index (χ0v) is 7.16. The molecule has 1 aromatic carbocycles. The summed E-state index contributed by atoms with van der Waals surface area (Å²) in [5.41, 5.74) is 5.91. The molecule has 6 heteroatoms. The predicted octanol–water partition coefficient (Wildman–Crippen LogP) is 0.508. The Morgan fingerprint density at radius 1 is 1.36 bits per heavy atom. The third-order valence-corrected chi connectivity index (χ3v) is 1.72. The van der Waals surface area contributed by atoms with Crippen molar-refractivity contribution < 1.29 is 15.3 Å². The molecule has 0 radical (unpaired) electrons. The monoisotopic (exact) mass is 195 g/mol. The first-order chi connectivity index (χ1) is 6.66. The SMILES string of the molecule is NC1=CN(c2cccc(O)c2)ON1O. The van der Waals surface area contributed by atoms with Crippen molar-refractivity contribution in [3.8, 4) is 5.75 Å². The zero-order valence-electron chi connectivity index (χ0n) is 7.16. The van der Waals surface area contributed by atoms with E-state index in [1.165, 1.54) is 23.4 Å². The lowest BCUT2D eigenvalue weighted by Gasteiger charge is -2.14. The minimum absolute atomic E-state index is 0.0633. The van der Waals surface area contributed by atoms with E-state index >= 15 is 0 Å².